The minimum atomic E-state index is -5.03. The Bertz CT molecular complexity index is 2010. The third-order valence-corrected chi connectivity index (χ3v) is 8.45. The third-order valence-electron chi connectivity index (χ3n) is 8.45. The van der Waals surface area contributed by atoms with Crippen molar-refractivity contribution in [2.24, 2.45) is 0 Å². The molecule has 10 nitrogen and oxygen atoms in total. The van der Waals surface area contributed by atoms with Crippen LogP contribution in [0.3, 0.4) is 0 Å². The van der Waals surface area contributed by atoms with E-state index >= 15 is 0 Å². The maximum absolute atomic E-state index is 14.9. The number of carbonyl (C=O) groups is 1. The molecular weight excluding hydrogens is 656 g/mol. The summed E-state index contributed by atoms with van der Waals surface area (Å²) in [6, 6.07) is 18.6. The van der Waals surface area contributed by atoms with E-state index in [4.69, 9.17) is 5.21 Å². The summed E-state index contributed by atoms with van der Waals surface area (Å²) in [4.78, 5) is 17.7. The number of phenols is 1. The van der Waals surface area contributed by atoms with Gasteiger partial charge in [-0.05, 0) is 72.4 Å². The van der Waals surface area contributed by atoms with E-state index in [0.717, 1.165) is 29.3 Å². The molecule has 1 aromatic heterocycles. The molecule has 1 aliphatic heterocycles. The summed E-state index contributed by atoms with van der Waals surface area (Å²) < 4.78 is 57.2. The van der Waals surface area contributed by atoms with Crippen LogP contribution in [0.4, 0.5) is 23.4 Å². The Hall–Kier alpha value is -5.96. The van der Waals surface area contributed by atoms with Crippen LogP contribution < -0.4 is 20.4 Å². The van der Waals surface area contributed by atoms with Crippen LogP contribution in [0.15, 0.2) is 72.9 Å². The molecule has 0 saturated carbocycles. The number of amides is 1. The number of alkyl halides is 3. The molecule has 0 atom stereocenters. The smallest absolute Gasteiger partial charge is 0.504 e. The first-order chi connectivity index (χ1) is 23.8. The van der Waals surface area contributed by atoms with Crippen molar-refractivity contribution in [1.29, 1.82) is 10.5 Å². The molecule has 50 heavy (non-hydrogen) atoms. The third kappa shape index (κ3) is 8.18. The number of nitrogens with one attached hydrogen (secondary N) is 2. The topological polar surface area (TPSA) is 155 Å². The van der Waals surface area contributed by atoms with Gasteiger partial charge in [-0.2, -0.15) is 10.5 Å². The minimum Gasteiger partial charge on any atom is -0.504 e. The molecule has 1 fully saturated rings. The summed E-state index contributed by atoms with van der Waals surface area (Å²) in [5.41, 5.74) is 3.85. The molecule has 4 aromatic rings. The van der Waals surface area contributed by atoms with Gasteiger partial charge in [-0.15, -0.1) is 13.2 Å². The second-order valence-corrected chi connectivity index (χ2v) is 11.8. The van der Waals surface area contributed by atoms with Gasteiger partial charge in [0.1, 0.15) is 29.3 Å². The predicted octanol–water partition coefficient (Wildman–Crippen LogP) is 6.57. The molecule has 5 rings (SSSR count). The second-order valence-electron chi connectivity index (χ2n) is 11.8. The average Bonchev–Trinajstić information content (AvgIpc) is 3.10. The lowest BCUT2D eigenvalue weighted by Gasteiger charge is -2.41. The van der Waals surface area contributed by atoms with Crippen molar-refractivity contribution in [2.75, 3.05) is 18.0 Å². The van der Waals surface area contributed by atoms with E-state index in [1.807, 2.05) is 29.2 Å². The summed E-state index contributed by atoms with van der Waals surface area (Å²) in [5.74, 6) is -2.74. The maximum atomic E-state index is 14.9. The number of hydrogen-bond donors (Lipinski definition) is 4. The number of hydrogen-bond acceptors (Lipinski definition) is 9. The molecule has 4 N–H and O–H groups in total. The highest BCUT2D eigenvalue weighted by molar-refractivity contribution is 5.91. The number of phenolic OH excluding ortho intramolecular Hbond substituents is 1. The van der Waals surface area contributed by atoms with Crippen LogP contribution in [0, 0.1) is 28.5 Å². The Labute approximate surface area is 284 Å². The lowest BCUT2D eigenvalue weighted by molar-refractivity contribution is -0.275. The van der Waals surface area contributed by atoms with E-state index < -0.39 is 29.6 Å². The van der Waals surface area contributed by atoms with Gasteiger partial charge in [0.2, 0.25) is 0 Å². The molecule has 14 heteroatoms. The van der Waals surface area contributed by atoms with Gasteiger partial charge in [0, 0.05) is 48.6 Å². The van der Waals surface area contributed by atoms with E-state index in [1.165, 1.54) is 36.0 Å². The van der Waals surface area contributed by atoms with Crippen molar-refractivity contribution in [3.8, 4) is 45.9 Å². The van der Waals surface area contributed by atoms with Crippen molar-refractivity contribution < 1.29 is 37.4 Å². The molecule has 3 aromatic carbocycles. The molecule has 0 radical (unpaired) electrons. The van der Waals surface area contributed by atoms with Gasteiger partial charge in [-0.1, -0.05) is 36.4 Å². The Balaban J connectivity index is 1.41. The molecule has 0 spiro atoms. The summed E-state index contributed by atoms with van der Waals surface area (Å²) >= 11 is 0. The number of aromatic nitrogens is 1. The number of rotatable bonds is 9. The number of aromatic hydroxyl groups is 1. The zero-order valence-electron chi connectivity index (χ0n) is 26.6. The SMILES string of the molecule is CC1(NCc2ccc(/C=C/C(=O)NO)cc2)CCN(c2ncc(-c3ccc(OC(F)(F)F)c(O)c3)c(-c3ccc(C#N)c(F)c3)c2C#N)CC1. The molecule has 0 aliphatic carbocycles. The Morgan fingerprint density at radius 2 is 1.76 bits per heavy atom. The number of anilines is 1. The summed E-state index contributed by atoms with van der Waals surface area (Å²) in [7, 11) is 0. The van der Waals surface area contributed by atoms with Gasteiger partial charge in [-0.3, -0.25) is 10.0 Å². The first kappa shape index (κ1) is 35.3. The van der Waals surface area contributed by atoms with E-state index in [-0.39, 0.29) is 38.9 Å². The van der Waals surface area contributed by atoms with E-state index in [0.29, 0.717) is 38.3 Å². The minimum absolute atomic E-state index is 0.0869. The largest absolute Gasteiger partial charge is 0.573 e. The number of hydroxylamine groups is 1. The van der Waals surface area contributed by atoms with Crippen molar-refractivity contribution in [2.45, 2.75) is 38.2 Å². The number of halogens is 4. The van der Waals surface area contributed by atoms with Crippen molar-refractivity contribution in [3.05, 3.63) is 101 Å². The van der Waals surface area contributed by atoms with Crippen LogP contribution >= 0.6 is 0 Å². The fourth-order valence-corrected chi connectivity index (χ4v) is 5.68. The standard InChI is InChI=1S/C36H30F4N6O4/c1-35(44-20-23-4-2-22(3-5-23)6-11-32(48)45-49)12-14-46(15-13-35)34-27(19-42)33(25-7-8-26(18-41)29(37)16-25)28(21-43-34)24-9-10-31(30(47)17-24)50-36(38,39)40/h2-11,16-17,21,44,47,49H,12-15,20H2,1H3,(H,45,48)/b11-6+. The lowest BCUT2D eigenvalue weighted by atomic mass is 9.88. The highest BCUT2D eigenvalue weighted by Crippen LogP contribution is 2.42. The number of nitrogens with zero attached hydrogens (tertiary/aromatic N) is 4. The zero-order valence-corrected chi connectivity index (χ0v) is 26.6. The van der Waals surface area contributed by atoms with Gasteiger partial charge in [-0.25, -0.2) is 14.9 Å². The first-order valence-corrected chi connectivity index (χ1v) is 15.3. The predicted molar refractivity (Wildman–Crippen MR) is 175 cm³/mol. The van der Waals surface area contributed by atoms with Gasteiger partial charge >= 0.3 is 6.36 Å². The molecule has 256 valence electrons. The number of carbonyl (C=O) groups excluding carboxylic acids is 1. The van der Waals surface area contributed by atoms with E-state index in [1.54, 1.807) is 12.1 Å². The van der Waals surface area contributed by atoms with Crippen molar-refractivity contribution >= 4 is 17.8 Å². The average molecular weight is 687 g/mol. The van der Waals surface area contributed by atoms with Crippen LogP contribution in [-0.4, -0.2) is 46.2 Å². The lowest BCUT2D eigenvalue weighted by Crippen LogP contribution is -2.51. The number of benzene rings is 3. The molecule has 0 unspecified atom stereocenters. The highest BCUT2D eigenvalue weighted by Gasteiger charge is 2.34. The van der Waals surface area contributed by atoms with Crippen molar-refractivity contribution in [1.82, 2.24) is 15.8 Å². The first-order valence-electron chi connectivity index (χ1n) is 15.3. The number of ether oxygens (including phenoxy) is 1. The fourth-order valence-electron chi connectivity index (χ4n) is 5.68. The van der Waals surface area contributed by atoms with Crippen LogP contribution in [0.2, 0.25) is 0 Å². The summed E-state index contributed by atoms with van der Waals surface area (Å²) in [6.45, 7) is 3.68. The van der Waals surface area contributed by atoms with Crippen LogP contribution in [0.25, 0.3) is 28.3 Å². The Morgan fingerprint density at radius 1 is 1.06 bits per heavy atom. The van der Waals surface area contributed by atoms with Gasteiger partial charge < -0.3 is 20.1 Å². The molecule has 2 heterocycles. The molecule has 1 amide bonds. The molecule has 1 saturated heterocycles. The zero-order chi connectivity index (χ0) is 36.1. The van der Waals surface area contributed by atoms with Crippen LogP contribution in [0.1, 0.15) is 42.0 Å². The monoisotopic (exact) mass is 686 g/mol. The second kappa shape index (κ2) is 14.7. The normalized spacial score (nSPS) is 14.2. The van der Waals surface area contributed by atoms with E-state index in [2.05, 4.69) is 28.0 Å². The Morgan fingerprint density at radius 3 is 2.36 bits per heavy atom. The quantitative estimate of drug-likeness (QED) is 0.0663. The number of nitriles is 2. The van der Waals surface area contributed by atoms with Gasteiger partial charge in [0.25, 0.3) is 5.91 Å². The fraction of sp³-hybridized carbons (Fsp3) is 0.222. The summed E-state index contributed by atoms with van der Waals surface area (Å²) in [5, 5.41) is 42.3. The maximum Gasteiger partial charge on any atom is 0.573 e. The number of pyridine rings is 1. The number of piperidine rings is 1. The van der Waals surface area contributed by atoms with Gasteiger partial charge in [0.15, 0.2) is 11.5 Å². The summed E-state index contributed by atoms with van der Waals surface area (Å²) in [6.07, 6.45) is 0.524. The van der Waals surface area contributed by atoms with Crippen LogP contribution in [0.5, 0.6) is 11.5 Å². The molecular formula is C36H30F4N6O4. The molecule has 0 bridgehead atoms. The van der Waals surface area contributed by atoms with Gasteiger partial charge in [0.05, 0.1) is 5.56 Å². The van der Waals surface area contributed by atoms with Crippen LogP contribution in [-0.2, 0) is 11.3 Å². The van der Waals surface area contributed by atoms with Crippen molar-refractivity contribution in [3.63, 3.8) is 0 Å². The highest BCUT2D eigenvalue weighted by atomic mass is 19.4. The Kier molecular flexibility index (Phi) is 10.4. The van der Waals surface area contributed by atoms with E-state index in [9.17, 15) is 38.0 Å². The molecule has 1 aliphatic rings.